The molecule has 0 saturated carbocycles. The Kier molecular flexibility index (Phi) is 6.66. The van der Waals surface area contributed by atoms with E-state index < -0.39 is 18.0 Å². The summed E-state index contributed by atoms with van der Waals surface area (Å²) >= 11 is 9.55. The second kappa shape index (κ2) is 6.94. The van der Waals surface area contributed by atoms with Crippen molar-refractivity contribution in [1.29, 1.82) is 0 Å². The molecule has 76 valence electrons. The van der Waals surface area contributed by atoms with E-state index in [0.717, 1.165) is 0 Å². The number of carbonyl (C=O) groups is 2. The summed E-state index contributed by atoms with van der Waals surface area (Å²) in [6.07, 6.45) is -0.907. The summed E-state index contributed by atoms with van der Waals surface area (Å²) in [4.78, 5) is 21.3. The van der Waals surface area contributed by atoms with Gasteiger partial charge in [0.15, 0.2) is 0 Å². The lowest BCUT2D eigenvalue weighted by molar-refractivity contribution is -0.140. The van der Waals surface area contributed by atoms with Gasteiger partial charge in [0, 0.05) is 7.11 Å². The zero-order chi connectivity index (χ0) is 10.3. The van der Waals surface area contributed by atoms with Crippen LogP contribution in [0.25, 0.3) is 0 Å². The summed E-state index contributed by atoms with van der Waals surface area (Å²) in [6.45, 7) is 0. The van der Waals surface area contributed by atoms with Gasteiger partial charge in [-0.2, -0.15) is 0 Å². The predicted octanol–water partition coefficient (Wildman–Crippen LogP) is 1.18. The van der Waals surface area contributed by atoms with E-state index >= 15 is 0 Å². The molecule has 0 bridgehead atoms. The van der Waals surface area contributed by atoms with Crippen LogP contribution in [-0.2, 0) is 22.9 Å². The third kappa shape index (κ3) is 5.68. The summed E-state index contributed by atoms with van der Waals surface area (Å²) in [5.74, 6) is -1.37. The van der Waals surface area contributed by atoms with Gasteiger partial charge >= 0.3 is 11.9 Å². The van der Waals surface area contributed by atoms with Crippen molar-refractivity contribution in [1.82, 2.24) is 0 Å². The van der Waals surface area contributed by atoms with E-state index in [1.807, 2.05) is 0 Å². The topological polar surface area (TPSA) is 61.8 Å². The molecule has 0 amide bonds. The molecule has 0 spiro atoms. The monoisotopic (exact) mass is 230 g/mol. The third-order valence-corrected chi connectivity index (χ3v) is 1.64. The molecule has 0 N–H and O–H groups in total. The molecule has 0 aliphatic rings. The largest absolute Gasteiger partial charge is 0.380 e. The first kappa shape index (κ1) is 12.5. The lowest BCUT2D eigenvalue weighted by atomic mass is 10.2. The van der Waals surface area contributed by atoms with Crippen molar-refractivity contribution in [2.45, 2.75) is 18.9 Å². The molecule has 0 unspecified atom stereocenters. The smallest absolute Gasteiger partial charge is 0.327 e. The SMILES string of the molecule is COC(CC(=O)OCl)CC(=O)OCl. The molecule has 0 aliphatic heterocycles. The molecule has 7 heteroatoms. The van der Waals surface area contributed by atoms with Crippen molar-refractivity contribution in [2.75, 3.05) is 7.11 Å². The number of hydrogen-bond acceptors (Lipinski definition) is 5. The molecular formula is C6H8Cl2O5. The molecule has 0 rings (SSSR count). The van der Waals surface area contributed by atoms with Gasteiger partial charge in [-0.05, 0) is 0 Å². The molecule has 5 nitrogen and oxygen atoms in total. The molecule has 0 saturated heterocycles. The van der Waals surface area contributed by atoms with Crippen LogP contribution in [0, 0.1) is 0 Å². The number of carbonyl (C=O) groups excluding carboxylic acids is 2. The fourth-order valence-corrected chi connectivity index (χ4v) is 0.800. The van der Waals surface area contributed by atoms with Crippen molar-refractivity contribution in [3.63, 3.8) is 0 Å². The van der Waals surface area contributed by atoms with E-state index in [1.165, 1.54) is 7.11 Å². The average Bonchev–Trinajstić information content (AvgIpc) is 2.16. The lowest BCUT2D eigenvalue weighted by Crippen LogP contribution is -2.20. The van der Waals surface area contributed by atoms with Crippen molar-refractivity contribution in [2.24, 2.45) is 0 Å². The molecule has 0 fully saturated rings. The molecule has 0 aliphatic carbocycles. The van der Waals surface area contributed by atoms with Crippen LogP contribution < -0.4 is 0 Å². The number of ether oxygens (including phenoxy) is 1. The fraction of sp³-hybridized carbons (Fsp3) is 0.667. The second-order valence-corrected chi connectivity index (χ2v) is 2.47. The molecule has 0 aromatic heterocycles. The summed E-state index contributed by atoms with van der Waals surface area (Å²) in [5.41, 5.74) is 0. The van der Waals surface area contributed by atoms with E-state index in [9.17, 15) is 9.59 Å². The molecule has 13 heavy (non-hydrogen) atoms. The first-order valence-electron chi connectivity index (χ1n) is 3.29. The standard InChI is InChI=1S/C6H8Cl2O5/c1-11-4(2-5(9)12-7)3-6(10)13-8/h4H,2-3H2,1H3. The fourth-order valence-electron chi connectivity index (χ4n) is 0.674. The highest BCUT2D eigenvalue weighted by molar-refractivity contribution is 6.13. The van der Waals surface area contributed by atoms with E-state index in [-0.39, 0.29) is 12.8 Å². The van der Waals surface area contributed by atoms with Crippen LogP contribution in [0.3, 0.4) is 0 Å². The Bertz CT molecular complexity index is 166. The van der Waals surface area contributed by atoms with E-state index in [4.69, 9.17) is 28.5 Å². The van der Waals surface area contributed by atoms with Crippen molar-refractivity contribution in [3.8, 4) is 0 Å². The maximum absolute atomic E-state index is 10.6. The minimum atomic E-state index is -0.684. The van der Waals surface area contributed by atoms with Gasteiger partial charge in [-0.3, -0.25) is 9.59 Å². The minimum absolute atomic E-state index is 0.133. The van der Waals surface area contributed by atoms with E-state index in [2.05, 4.69) is 8.58 Å². The number of halogens is 2. The summed E-state index contributed by atoms with van der Waals surface area (Å²) in [5, 5.41) is 0. The van der Waals surface area contributed by atoms with Crippen LogP contribution in [0.15, 0.2) is 0 Å². The van der Waals surface area contributed by atoms with Gasteiger partial charge in [0.25, 0.3) is 0 Å². The summed E-state index contributed by atoms with van der Waals surface area (Å²) in [6, 6.07) is 0. The number of hydrogen-bond donors (Lipinski definition) is 0. The van der Waals surface area contributed by atoms with Crippen LogP contribution in [-0.4, -0.2) is 25.2 Å². The van der Waals surface area contributed by atoms with Crippen LogP contribution >= 0.6 is 23.7 Å². The second-order valence-electron chi connectivity index (χ2n) is 2.16. The molecule has 0 atom stereocenters. The van der Waals surface area contributed by atoms with Crippen molar-refractivity contribution < 1.29 is 22.9 Å². The van der Waals surface area contributed by atoms with Crippen molar-refractivity contribution >= 4 is 35.7 Å². The van der Waals surface area contributed by atoms with Crippen LogP contribution in [0.1, 0.15) is 12.8 Å². The van der Waals surface area contributed by atoms with Gasteiger partial charge in [-0.15, -0.1) is 0 Å². The van der Waals surface area contributed by atoms with Crippen LogP contribution in [0.4, 0.5) is 0 Å². The van der Waals surface area contributed by atoms with Gasteiger partial charge in [-0.1, -0.05) is 0 Å². The molecular weight excluding hydrogens is 223 g/mol. The van der Waals surface area contributed by atoms with Gasteiger partial charge < -0.3 is 13.3 Å². The zero-order valence-electron chi connectivity index (χ0n) is 6.79. The van der Waals surface area contributed by atoms with Crippen molar-refractivity contribution in [3.05, 3.63) is 0 Å². The molecule has 0 aromatic rings. The average molecular weight is 231 g/mol. The molecule has 0 heterocycles. The quantitative estimate of drug-likeness (QED) is 0.710. The normalized spacial score (nSPS) is 9.85. The third-order valence-electron chi connectivity index (χ3n) is 1.29. The van der Waals surface area contributed by atoms with Gasteiger partial charge in [0.2, 0.25) is 0 Å². The van der Waals surface area contributed by atoms with Gasteiger partial charge in [-0.25, -0.2) is 0 Å². The molecule has 0 aromatic carbocycles. The number of methoxy groups -OCH3 is 1. The van der Waals surface area contributed by atoms with Crippen LogP contribution in [0.5, 0.6) is 0 Å². The lowest BCUT2D eigenvalue weighted by Gasteiger charge is -2.10. The zero-order valence-corrected chi connectivity index (χ0v) is 8.30. The Morgan fingerprint density at radius 3 is 1.77 bits per heavy atom. The highest BCUT2D eigenvalue weighted by atomic mass is 35.5. The Balaban J connectivity index is 3.89. The number of rotatable bonds is 5. The van der Waals surface area contributed by atoms with Crippen LogP contribution in [0.2, 0.25) is 0 Å². The highest BCUT2D eigenvalue weighted by Gasteiger charge is 2.18. The maximum Gasteiger partial charge on any atom is 0.327 e. The first-order valence-corrected chi connectivity index (χ1v) is 3.91. The van der Waals surface area contributed by atoms with E-state index in [0.29, 0.717) is 0 Å². The van der Waals surface area contributed by atoms with E-state index in [1.54, 1.807) is 0 Å². The van der Waals surface area contributed by atoms with Gasteiger partial charge in [0.05, 0.1) is 18.9 Å². The first-order chi connectivity index (χ1) is 6.13. The predicted molar refractivity (Wildman–Crippen MR) is 43.9 cm³/mol. The summed E-state index contributed by atoms with van der Waals surface area (Å²) in [7, 11) is 1.34. The Hall–Kier alpha value is -0.520. The Morgan fingerprint density at radius 1 is 1.15 bits per heavy atom. The molecule has 0 radical (unpaired) electrons. The minimum Gasteiger partial charge on any atom is -0.380 e. The maximum atomic E-state index is 10.6. The summed E-state index contributed by atoms with van der Waals surface area (Å²) < 4.78 is 12.5. The van der Waals surface area contributed by atoms with Gasteiger partial charge in [0.1, 0.15) is 23.7 Å². The highest BCUT2D eigenvalue weighted by Crippen LogP contribution is 2.07. The Labute approximate surface area is 85.2 Å². The Morgan fingerprint density at radius 2 is 1.54 bits per heavy atom.